The Morgan fingerprint density at radius 1 is 1.21 bits per heavy atom. The molecule has 7 nitrogen and oxygen atoms in total. The number of rotatable bonds is 5. The number of nitrogens with one attached hydrogen (secondary N) is 1. The van der Waals surface area contributed by atoms with Gasteiger partial charge >= 0.3 is 0 Å². The molecule has 4 heterocycles. The number of likely N-dealkylation sites (tertiary alicyclic amines) is 1. The second kappa shape index (κ2) is 7.33. The van der Waals surface area contributed by atoms with Crippen molar-refractivity contribution in [3.8, 4) is 11.4 Å². The molecular weight excluding hydrogens is 364 g/mol. The van der Waals surface area contributed by atoms with Crippen molar-refractivity contribution in [2.75, 3.05) is 25.5 Å². The summed E-state index contributed by atoms with van der Waals surface area (Å²) in [6, 6.07) is 12.5. The molecular formula is C22H24N6O. The smallest absolute Gasteiger partial charge is 0.244 e. The van der Waals surface area contributed by atoms with E-state index in [1.165, 1.54) is 16.5 Å². The molecule has 1 fully saturated rings. The summed E-state index contributed by atoms with van der Waals surface area (Å²) >= 11 is 0. The largest absolute Gasteiger partial charge is 0.363 e. The molecule has 148 valence electrons. The third-order valence-corrected chi connectivity index (χ3v) is 5.60. The predicted octanol–water partition coefficient (Wildman–Crippen LogP) is 4.02. The lowest BCUT2D eigenvalue weighted by atomic mass is 10.1. The Kier molecular flexibility index (Phi) is 4.52. The minimum atomic E-state index is 0.152. The maximum absolute atomic E-state index is 5.67. The van der Waals surface area contributed by atoms with Crippen molar-refractivity contribution in [3.05, 3.63) is 60.2 Å². The van der Waals surface area contributed by atoms with Crippen molar-refractivity contribution in [2.45, 2.75) is 25.4 Å². The molecule has 1 atom stereocenters. The van der Waals surface area contributed by atoms with Crippen LogP contribution in [0.4, 0.5) is 5.82 Å². The van der Waals surface area contributed by atoms with Crippen molar-refractivity contribution in [1.29, 1.82) is 0 Å². The number of hydrogen-bond donors (Lipinski definition) is 1. The van der Waals surface area contributed by atoms with Crippen LogP contribution in [0.15, 0.2) is 53.3 Å². The van der Waals surface area contributed by atoms with Crippen LogP contribution in [0.3, 0.4) is 0 Å². The predicted molar refractivity (Wildman–Crippen MR) is 113 cm³/mol. The van der Waals surface area contributed by atoms with Crippen molar-refractivity contribution in [1.82, 2.24) is 25.0 Å². The minimum absolute atomic E-state index is 0.152. The lowest BCUT2D eigenvalue weighted by Crippen LogP contribution is -2.22. The molecule has 5 rings (SSSR count). The maximum Gasteiger partial charge on any atom is 0.244 e. The van der Waals surface area contributed by atoms with Gasteiger partial charge in [0.05, 0.1) is 6.04 Å². The fraction of sp³-hybridized carbons (Fsp3) is 0.318. The molecule has 0 bridgehead atoms. The first-order chi connectivity index (χ1) is 14.2. The lowest BCUT2D eigenvalue weighted by Gasteiger charge is -2.21. The summed E-state index contributed by atoms with van der Waals surface area (Å²) in [7, 11) is 3.94. The first-order valence-electron chi connectivity index (χ1n) is 9.95. The quantitative estimate of drug-likeness (QED) is 0.557. The Labute approximate surface area is 169 Å². The molecule has 0 aliphatic carbocycles. The molecule has 1 saturated heterocycles. The number of fused-ring (bicyclic) bond motifs is 1. The van der Waals surface area contributed by atoms with Gasteiger partial charge in [-0.05, 0) is 43.1 Å². The molecule has 0 saturated carbocycles. The molecule has 3 aromatic heterocycles. The van der Waals surface area contributed by atoms with Gasteiger partial charge in [0.1, 0.15) is 5.82 Å². The highest BCUT2D eigenvalue weighted by Crippen LogP contribution is 2.34. The normalized spacial score (nSPS) is 17.2. The fourth-order valence-electron chi connectivity index (χ4n) is 4.05. The highest BCUT2D eigenvalue weighted by atomic mass is 16.5. The SMILES string of the molecule is CN(C)c1ccc(-c2noc([C@@H]3CCCN3Cc3c[nH]c4ccccc34)n2)cn1. The van der Waals surface area contributed by atoms with E-state index in [1.54, 1.807) is 6.20 Å². The average molecular weight is 388 g/mol. The molecule has 1 aliphatic rings. The molecule has 4 aromatic rings. The van der Waals surface area contributed by atoms with Crippen molar-refractivity contribution >= 4 is 16.7 Å². The zero-order chi connectivity index (χ0) is 19.8. The van der Waals surface area contributed by atoms with Gasteiger partial charge in [0, 0.05) is 49.5 Å². The summed E-state index contributed by atoms with van der Waals surface area (Å²) < 4.78 is 5.67. The van der Waals surface area contributed by atoms with E-state index in [4.69, 9.17) is 9.51 Å². The Bertz CT molecular complexity index is 1110. The average Bonchev–Trinajstić information content (AvgIpc) is 3.48. The van der Waals surface area contributed by atoms with E-state index in [0.29, 0.717) is 11.7 Å². The number of nitrogens with zero attached hydrogens (tertiary/aromatic N) is 5. The topological polar surface area (TPSA) is 74.1 Å². The highest BCUT2D eigenvalue weighted by Gasteiger charge is 2.31. The van der Waals surface area contributed by atoms with Crippen LogP contribution in [0, 0.1) is 0 Å². The van der Waals surface area contributed by atoms with Crippen molar-refractivity contribution in [3.63, 3.8) is 0 Å². The van der Waals surface area contributed by atoms with Crippen LogP contribution in [0.25, 0.3) is 22.3 Å². The van der Waals surface area contributed by atoms with E-state index in [1.807, 2.05) is 31.1 Å². The highest BCUT2D eigenvalue weighted by molar-refractivity contribution is 5.82. The third-order valence-electron chi connectivity index (χ3n) is 5.60. The number of aromatic nitrogens is 4. The standard InChI is InChI=1S/C22H24N6O/c1-27(2)20-10-9-15(12-24-20)21-25-22(29-26-21)19-8-5-11-28(19)14-16-13-23-18-7-4-3-6-17(16)18/h3-4,6-7,9-10,12-13,19,23H,5,8,11,14H2,1-2H3/t19-/m0/s1. The van der Waals surface area contributed by atoms with E-state index in [0.717, 1.165) is 37.3 Å². The molecule has 0 spiro atoms. The Morgan fingerprint density at radius 2 is 2.10 bits per heavy atom. The molecule has 0 amide bonds. The van der Waals surface area contributed by atoms with Crippen LogP contribution in [0.5, 0.6) is 0 Å². The van der Waals surface area contributed by atoms with E-state index in [2.05, 4.69) is 50.5 Å². The third kappa shape index (κ3) is 3.38. The van der Waals surface area contributed by atoms with Gasteiger partial charge in [0.25, 0.3) is 0 Å². The first-order valence-corrected chi connectivity index (χ1v) is 9.95. The van der Waals surface area contributed by atoms with Crippen molar-refractivity contribution < 1.29 is 4.52 Å². The first kappa shape index (κ1) is 17.9. The van der Waals surface area contributed by atoms with E-state index < -0.39 is 0 Å². The zero-order valence-electron chi connectivity index (χ0n) is 16.7. The Balaban J connectivity index is 1.36. The van der Waals surface area contributed by atoms with Gasteiger partial charge in [0.15, 0.2) is 0 Å². The van der Waals surface area contributed by atoms with Crippen LogP contribution >= 0.6 is 0 Å². The monoisotopic (exact) mass is 388 g/mol. The van der Waals surface area contributed by atoms with Gasteiger partial charge in [-0.2, -0.15) is 4.98 Å². The lowest BCUT2D eigenvalue weighted by molar-refractivity contribution is 0.202. The number of anilines is 1. The summed E-state index contributed by atoms with van der Waals surface area (Å²) in [4.78, 5) is 16.9. The van der Waals surface area contributed by atoms with E-state index in [9.17, 15) is 0 Å². The number of aromatic amines is 1. The summed E-state index contributed by atoms with van der Waals surface area (Å²) in [5, 5.41) is 5.49. The second-order valence-corrected chi connectivity index (χ2v) is 7.74. The molecule has 29 heavy (non-hydrogen) atoms. The summed E-state index contributed by atoms with van der Waals surface area (Å²) in [5.41, 5.74) is 3.34. The van der Waals surface area contributed by atoms with Crippen LogP contribution in [-0.4, -0.2) is 45.6 Å². The van der Waals surface area contributed by atoms with Crippen LogP contribution in [0.2, 0.25) is 0 Å². The Hall–Kier alpha value is -3.19. The van der Waals surface area contributed by atoms with Gasteiger partial charge in [-0.15, -0.1) is 0 Å². The Morgan fingerprint density at radius 3 is 2.93 bits per heavy atom. The molecule has 0 radical (unpaired) electrons. The van der Waals surface area contributed by atoms with Gasteiger partial charge in [-0.3, -0.25) is 4.90 Å². The van der Waals surface area contributed by atoms with E-state index in [-0.39, 0.29) is 6.04 Å². The van der Waals surface area contributed by atoms with Crippen molar-refractivity contribution in [2.24, 2.45) is 0 Å². The zero-order valence-corrected chi connectivity index (χ0v) is 16.7. The minimum Gasteiger partial charge on any atom is -0.363 e. The van der Waals surface area contributed by atoms with Gasteiger partial charge in [-0.1, -0.05) is 23.4 Å². The van der Waals surface area contributed by atoms with Crippen LogP contribution < -0.4 is 4.90 Å². The summed E-state index contributed by atoms with van der Waals surface area (Å²) in [6.07, 6.45) is 6.06. The van der Waals surface area contributed by atoms with Gasteiger partial charge in [-0.25, -0.2) is 4.98 Å². The molecule has 1 N–H and O–H groups in total. The number of pyridine rings is 1. The maximum atomic E-state index is 5.67. The molecule has 7 heteroatoms. The van der Waals surface area contributed by atoms with E-state index >= 15 is 0 Å². The summed E-state index contributed by atoms with van der Waals surface area (Å²) in [6.45, 7) is 1.90. The summed E-state index contributed by atoms with van der Waals surface area (Å²) in [5.74, 6) is 2.18. The van der Waals surface area contributed by atoms with Crippen LogP contribution in [0.1, 0.15) is 30.3 Å². The fourth-order valence-corrected chi connectivity index (χ4v) is 4.05. The number of hydrogen-bond acceptors (Lipinski definition) is 6. The van der Waals surface area contributed by atoms with Crippen LogP contribution in [-0.2, 0) is 6.54 Å². The molecule has 1 aliphatic heterocycles. The molecule has 0 unspecified atom stereocenters. The van der Waals surface area contributed by atoms with Gasteiger partial charge in [0.2, 0.25) is 11.7 Å². The molecule has 1 aromatic carbocycles. The number of benzene rings is 1. The van der Waals surface area contributed by atoms with Gasteiger partial charge < -0.3 is 14.4 Å². The number of H-pyrrole nitrogens is 1. The second-order valence-electron chi connectivity index (χ2n) is 7.74. The number of para-hydroxylation sites is 1.